The molecule has 1 fully saturated rings. The van der Waals surface area contributed by atoms with E-state index in [2.05, 4.69) is 5.32 Å². The van der Waals surface area contributed by atoms with Crippen molar-refractivity contribution in [3.63, 3.8) is 0 Å². The van der Waals surface area contributed by atoms with Crippen molar-refractivity contribution in [3.8, 4) is 0 Å². The maximum atomic E-state index is 11.9. The predicted octanol–water partition coefficient (Wildman–Crippen LogP) is 0.358. The molecule has 0 radical (unpaired) electrons. The van der Waals surface area contributed by atoms with Crippen LogP contribution in [0.15, 0.2) is 0 Å². The van der Waals surface area contributed by atoms with E-state index in [0.29, 0.717) is 6.42 Å². The highest BCUT2D eigenvalue weighted by atomic mass is 16.3. The molecule has 88 valence electrons. The molecule has 15 heavy (non-hydrogen) atoms. The molecule has 0 spiro atoms. The molecule has 1 aliphatic rings. The summed E-state index contributed by atoms with van der Waals surface area (Å²) in [6.45, 7) is 5.85. The van der Waals surface area contributed by atoms with Gasteiger partial charge in [-0.2, -0.15) is 0 Å². The van der Waals surface area contributed by atoms with E-state index in [1.807, 2.05) is 18.7 Å². The van der Waals surface area contributed by atoms with Crippen LogP contribution in [0.1, 0.15) is 33.1 Å². The minimum atomic E-state index is 0.0614. The van der Waals surface area contributed by atoms with Crippen LogP contribution in [0.4, 0.5) is 0 Å². The number of likely N-dealkylation sites (tertiary alicyclic amines) is 1. The maximum Gasteiger partial charge on any atom is 0.224 e. The van der Waals surface area contributed by atoms with Gasteiger partial charge in [-0.1, -0.05) is 6.92 Å². The Hall–Kier alpha value is -0.610. The van der Waals surface area contributed by atoms with Gasteiger partial charge in [0, 0.05) is 19.0 Å². The van der Waals surface area contributed by atoms with Gasteiger partial charge in [-0.3, -0.25) is 4.79 Å². The van der Waals surface area contributed by atoms with Gasteiger partial charge < -0.3 is 15.3 Å². The molecule has 2 N–H and O–H groups in total. The van der Waals surface area contributed by atoms with Crippen LogP contribution < -0.4 is 5.32 Å². The zero-order valence-electron chi connectivity index (χ0n) is 9.70. The Bertz CT molecular complexity index is 209. The van der Waals surface area contributed by atoms with Crippen molar-refractivity contribution < 1.29 is 9.90 Å². The molecule has 1 amide bonds. The second-order valence-corrected chi connectivity index (χ2v) is 4.23. The van der Waals surface area contributed by atoms with Gasteiger partial charge in [0.1, 0.15) is 0 Å². The Kier molecular flexibility index (Phi) is 5.05. The molecular formula is C11H22N2O2. The van der Waals surface area contributed by atoms with E-state index < -0.39 is 0 Å². The van der Waals surface area contributed by atoms with Crippen molar-refractivity contribution in [3.05, 3.63) is 0 Å². The van der Waals surface area contributed by atoms with E-state index in [0.717, 1.165) is 25.9 Å². The molecule has 1 heterocycles. The van der Waals surface area contributed by atoms with Crippen molar-refractivity contribution in [1.29, 1.82) is 0 Å². The third-order valence-electron chi connectivity index (χ3n) is 2.94. The van der Waals surface area contributed by atoms with Gasteiger partial charge in [0.05, 0.1) is 12.6 Å². The zero-order chi connectivity index (χ0) is 11.3. The number of hydrogen-bond acceptors (Lipinski definition) is 3. The first kappa shape index (κ1) is 12.5. The summed E-state index contributed by atoms with van der Waals surface area (Å²) in [6.07, 6.45) is 2.49. The van der Waals surface area contributed by atoms with E-state index in [4.69, 9.17) is 5.11 Å². The molecule has 0 aromatic heterocycles. The maximum absolute atomic E-state index is 11.9. The summed E-state index contributed by atoms with van der Waals surface area (Å²) in [6, 6.07) is 0.286. The van der Waals surface area contributed by atoms with Gasteiger partial charge in [-0.25, -0.2) is 0 Å². The minimum Gasteiger partial charge on any atom is -0.394 e. The number of hydrogen-bond donors (Lipinski definition) is 2. The largest absolute Gasteiger partial charge is 0.394 e. The normalized spacial score (nSPS) is 23.1. The number of carbonyl (C=O) groups is 1. The van der Waals surface area contributed by atoms with E-state index >= 15 is 0 Å². The molecule has 0 bridgehead atoms. The van der Waals surface area contributed by atoms with Crippen LogP contribution >= 0.6 is 0 Å². The Balaban J connectivity index is 2.38. The standard InChI is InChI=1S/C11H22N2O2/c1-3-12-9(2)7-11(15)13-6-4-5-10(13)8-14/h9-10,12,14H,3-8H2,1-2H3. The minimum absolute atomic E-state index is 0.0614. The fourth-order valence-corrected chi connectivity index (χ4v) is 2.15. The van der Waals surface area contributed by atoms with Crippen LogP contribution in [0.5, 0.6) is 0 Å². The average molecular weight is 214 g/mol. The molecule has 0 saturated carbocycles. The number of aliphatic hydroxyl groups is 1. The first-order valence-corrected chi connectivity index (χ1v) is 5.82. The number of nitrogens with one attached hydrogen (secondary N) is 1. The van der Waals surface area contributed by atoms with E-state index in [1.54, 1.807) is 0 Å². The second-order valence-electron chi connectivity index (χ2n) is 4.23. The fraction of sp³-hybridized carbons (Fsp3) is 0.909. The van der Waals surface area contributed by atoms with Crippen LogP contribution in [0, 0.1) is 0 Å². The lowest BCUT2D eigenvalue weighted by atomic mass is 10.2. The predicted molar refractivity (Wildman–Crippen MR) is 59.6 cm³/mol. The smallest absolute Gasteiger partial charge is 0.224 e. The summed E-state index contributed by atoms with van der Waals surface area (Å²) in [5.41, 5.74) is 0. The monoisotopic (exact) mass is 214 g/mol. The van der Waals surface area contributed by atoms with Gasteiger partial charge >= 0.3 is 0 Å². The first-order chi connectivity index (χ1) is 7.19. The Morgan fingerprint density at radius 1 is 1.67 bits per heavy atom. The number of aliphatic hydroxyl groups excluding tert-OH is 1. The molecule has 4 nitrogen and oxygen atoms in total. The van der Waals surface area contributed by atoms with Gasteiger partial charge in [0.15, 0.2) is 0 Å². The Morgan fingerprint density at radius 3 is 3.00 bits per heavy atom. The molecule has 2 unspecified atom stereocenters. The third-order valence-corrected chi connectivity index (χ3v) is 2.94. The molecule has 1 rings (SSSR count). The molecule has 2 atom stereocenters. The van der Waals surface area contributed by atoms with Crippen molar-refractivity contribution in [2.45, 2.75) is 45.2 Å². The molecule has 0 aromatic carbocycles. The van der Waals surface area contributed by atoms with E-state index in [-0.39, 0.29) is 24.6 Å². The Morgan fingerprint density at radius 2 is 2.40 bits per heavy atom. The summed E-state index contributed by atoms with van der Waals surface area (Å²) in [5.74, 6) is 0.167. The SMILES string of the molecule is CCNC(C)CC(=O)N1CCCC1CO. The molecule has 0 aliphatic carbocycles. The lowest BCUT2D eigenvalue weighted by Crippen LogP contribution is -2.41. The van der Waals surface area contributed by atoms with Gasteiger partial charge in [0.2, 0.25) is 5.91 Å². The Labute approximate surface area is 91.6 Å². The van der Waals surface area contributed by atoms with Crippen LogP contribution in [0.2, 0.25) is 0 Å². The van der Waals surface area contributed by atoms with Crippen molar-refractivity contribution >= 4 is 5.91 Å². The summed E-state index contributed by atoms with van der Waals surface area (Å²) < 4.78 is 0. The number of carbonyl (C=O) groups excluding carboxylic acids is 1. The first-order valence-electron chi connectivity index (χ1n) is 5.82. The summed E-state index contributed by atoms with van der Waals surface area (Å²) in [7, 11) is 0. The highest BCUT2D eigenvalue weighted by Crippen LogP contribution is 2.17. The lowest BCUT2D eigenvalue weighted by Gasteiger charge is -2.24. The van der Waals surface area contributed by atoms with Gasteiger partial charge in [-0.05, 0) is 26.3 Å². The summed E-state index contributed by atoms with van der Waals surface area (Å²) >= 11 is 0. The van der Waals surface area contributed by atoms with Crippen LogP contribution in [-0.2, 0) is 4.79 Å². The van der Waals surface area contributed by atoms with Crippen LogP contribution in [-0.4, -0.2) is 47.7 Å². The van der Waals surface area contributed by atoms with Crippen LogP contribution in [0.25, 0.3) is 0 Å². The highest BCUT2D eigenvalue weighted by molar-refractivity contribution is 5.77. The quantitative estimate of drug-likeness (QED) is 0.694. The fourth-order valence-electron chi connectivity index (χ4n) is 2.15. The molecule has 1 saturated heterocycles. The number of rotatable bonds is 5. The van der Waals surface area contributed by atoms with Gasteiger partial charge in [0.25, 0.3) is 0 Å². The van der Waals surface area contributed by atoms with Crippen LogP contribution in [0.3, 0.4) is 0 Å². The third kappa shape index (κ3) is 3.47. The van der Waals surface area contributed by atoms with Crippen molar-refractivity contribution in [2.24, 2.45) is 0 Å². The molecule has 0 aromatic rings. The molecule has 1 aliphatic heterocycles. The summed E-state index contributed by atoms with van der Waals surface area (Å²) in [4.78, 5) is 13.7. The van der Waals surface area contributed by atoms with E-state index in [1.165, 1.54) is 0 Å². The topological polar surface area (TPSA) is 52.6 Å². The molecular weight excluding hydrogens is 192 g/mol. The lowest BCUT2D eigenvalue weighted by molar-refractivity contribution is -0.133. The van der Waals surface area contributed by atoms with Crippen molar-refractivity contribution in [1.82, 2.24) is 10.2 Å². The highest BCUT2D eigenvalue weighted by Gasteiger charge is 2.28. The van der Waals surface area contributed by atoms with Crippen molar-refractivity contribution in [2.75, 3.05) is 19.7 Å². The second kappa shape index (κ2) is 6.08. The average Bonchev–Trinajstić information content (AvgIpc) is 2.65. The number of nitrogens with zero attached hydrogens (tertiary/aromatic N) is 1. The molecule has 4 heteroatoms. The number of amides is 1. The van der Waals surface area contributed by atoms with E-state index in [9.17, 15) is 4.79 Å². The zero-order valence-corrected chi connectivity index (χ0v) is 9.70. The van der Waals surface area contributed by atoms with Gasteiger partial charge in [-0.15, -0.1) is 0 Å². The summed E-state index contributed by atoms with van der Waals surface area (Å²) in [5, 5.41) is 12.3.